The Balaban J connectivity index is 1.46. The summed E-state index contributed by atoms with van der Waals surface area (Å²) in [5.41, 5.74) is 2.89. The van der Waals surface area contributed by atoms with Crippen LogP contribution in [-0.2, 0) is 10.5 Å². The molecule has 1 saturated heterocycles. The first-order valence-electron chi connectivity index (χ1n) is 10.1. The average Bonchev–Trinajstić information content (AvgIpc) is 2.70. The van der Waals surface area contributed by atoms with Crippen LogP contribution in [0.2, 0.25) is 5.02 Å². The molecule has 1 fully saturated rings. The third-order valence-corrected chi connectivity index (χ3v) is 6.52. The summed E-state index contributed by atoms with van der Waals surface area (Å²) in [6.07, 6.45) is 2.55. The van der Waals surface area contributed by atoms with Crippen molar-refractivity contribution in [3.8, 4) is 0 Å². The van der Waals surface area contributed by atoms with Crippen molar-refractivity contribution >= 4 is 35.0 Å². The zero-order valence-corrected chi connectivity index (χ0v) is 18.5. The van der Waals surface area contributed by atoms with Gasteiger partial charge in [0.2, 0.25) is 5.91 Å². The van der Waals surface area contributed by atoms with E-state index in [1.807, 2.05) is 6.92 Å². The van der Waals surface area contributed by atoms with E-state index >= 15 is 0 Å². The van der Waals surface area contributed by atoms with Crippen molar-refractivity contribution in [3.05, 3.63) is 64.4 Å². The lowest BCUT2D eigenvalue weighted by Crippen LogP contribution is -2.34. The molecule has 1 amide bonds. The molecule has 1 aliphatic heterocycles. The van der Waals surface area contributed by atoms with E-state index in [1.54, 1.807) is 12.1 Å². The Morgan fingerprint density at radius 1 is 1.31 bits per heavy atom. The van der Waals surface area contributed by atoms with E-state index < -0.39 is 0 Å². The largest absolute Gasteiger partial charge is 0.371 e. The van der Waals surface area contributed by atoms with Crippen molar-refractivity contribution in [3.63, 3.8) is 0 Å². The van der Waals surface area contributed by atoms with Crippen LogP contribution in [-0.4, -0.2) is 24.7 Å². The molecule has 0 saturated carbocycles. The van der Waals surface area contributed by atoms with Crippen LogP contribution in [0, 0.1) is 11.7 Å². The molecular weight excluding hydrogens is 407 g/mol. The van der Waals surface area contributed by atoms with Crippen LogP contribution in [0.25, 0.3) is 0 Å². The van der Waals surface area contributed by atoms with Crippen molar-refractivity contribution in [2.75, 3.05) is 23.7 Å². The molecule has 0 unspecified atom stereocenters. The molecule has 0 aromatic heterocycles. The van der Waals surface area contributed by atoms with Gasteiger partial charge in [-0.3, -0.25) is 4.79 Å². The van der Waals surface area contributed by atoms with Crippen LogP contribution in [0.1, 0.15) is 43.9 Å². The summed E-state index contributed by atoms with van der Waals surface area (Å²) in [4.78, 5) is 14.7. The number of rotatable bonds is 7. The monoisotopic (exact) mass is 434 g/mol. The van der Waals surface area contributed by atoms with Gasteiger partial charge in [0.1, 0.15) is 5.82 Å². The second-order valence-corrected chi connectivity index (χ2v) is 9.22. The number of amides is 1. The van der Waals surface area contributed by atoms with Crippen LogP contribution in [0.3, 0.4) is 0 Å². The van der Waals surface area contributed by atoms with E-state index in [1.165, 1.54) is 36.4 Å². The van der Waals surface area contributed by atoms with Gasteiger partial charge in [0.25, 0.3) is 0 Å². The predicted octanol–water partition coefficient (Wildman–Crippen LogP) is 5.83. The highest BCUT2D eigenvalue weighted by atomic mass is 35.5. The SMILES string of the molecule is C[C@@H]1CCCN(c2ccc([C@H](C)NC(=O)CSCc3ccc(Cl)cc3F)cc2)C1. The van der Waals surface area contributed by atoms with Crippen molar-refractivity contribution in [1.82, 2.24) is 5.32 Å². The Hall–Kier alpha value is -1.72. The third-order valence-electron chi connectivity index (χ3n) is 5.30. The van der Waals surface area contributed by atoms with E-state index in [4.69, 9.17) is 11.6 Å². The minimum Gasteiger partial charge on any atom is -0.371 e. The lowest BCUT2D eigenvalue weighted by Gasteiger charge is -2.33. The molecule has 0 radical (unpaired) electrons. The maximum absolute atomic E-state index is 13.8. The van der Waals surface area contributed by atoms with Gasteiger partial charge in [-0.15, -0.1) is 11.8 Å². The number of thioether (sulfide) groups is 1. The van der Waals surface area contributed by atoms with Gasteiger partial charge in [-0.05, 0) is 61.1 Å². The highest BCUT2D eigenvalue weighted by Crippen LogP contribution is 2.25. The predicted molar refractivity (Wildman–Crippen MR) is 121 cm³/mol. The molecule has 1 heterocycles. The average molecular weight is 435 g/mol. The summed E-state index contributed by atoms with van der Waals surface area (Å²) in [5, 5.41) is 3.40. The lowest BCUT2D eigenvalue weighted by molar-refractivity contribution is -0.119. The molecule has 0 spiro atoms. The van der Waals surface area contributed by atoms with Gasteiger partial charge in [-0.25, -0.2) is 4.39 Å². The van der Waals surface area contributed by atoms with Crippen molar-refractivity contribution < 1.29 is 9.18 Å². The first kappa shape index (κ1) is 22.0. The maximum Gasteiger partial charge on any atom is 0.230 e. The lowest BCUT2D eigenvalue weighted by atomic mass is 9.99. The Bertz CT molecular complexity index is 830. The van der Waals surface area contributed by atoms with E-state index in [0.717, 1.165) is 24.6 Å². The number of hydrogen-bond donors (Lipinski definition) is 1. The summed E-state index contributed by atoms with van der Waals surface area (Å²) in [7, 11) is 0. The summed E-state index contributed by atoms with van der Waals surface area (Å²) in [5.74, 6) is 1.08. The van der Waals surface area contributed by atoms with Gasteiger partial charge in [0, 0.05) is 29.6 Å². The Labute approximate surface area is 182 Å². The number of nitrogens with zero attached hydrogens (tertiary/aromatic N) is 1. The molecule has 0 bridgehead atoms. The molecule has 29 heavy (non-hydrogen) atoms. The number of halogens is 2. The van der Waals surface area contributed by atoms with Crippen molar-refractivity contribution in [2.45, 2.75) is 38.5 Å². The molecule has 2 aromatic carbocycles. The summed E-state index contributed by atoms with van der Waals surface area (Å²) in [6.45, 7) is 6.51. The molecule has 1 N–H and O–H groups in total. The highest BCUT2D eigenvalue weighted by molar-refractivity contribution is 7.99. The van der Waals surface area contributed by atoms with Gasteiger partial charge in [-0.1, -0.05) is 36.7 Å². The zero-order chi connectivity index (χ0) is 20.8. The number of piperidine rings is 1. The number of anilines is 1. The molecule has 3 nitrogen and oxygen atoms in total. The fourth-order valence-electron chi connectivity index (χ4n) is 3.66. The van der Waals surface area contributed by atoms with Crippen LogP contribution < -0.4 is 10.2 Å². The fraction of sp³-hybridized carbons (Fsp3) is 0.435. The first-order chi connectivity index (χ1) is 13.9. The Kier molecular flexibility index (Phi) is 7.84. The Morgan fingerprint density at radius 3 is 2.76 bits per heavy atom. The number of carbonyl (C=O) groups excluding carboxylic acids is 1. The van der Waals surface area contributed by atoms with Crippen LogP contribution in [0.5, 0.6) is 0 Å². The molecule has 2 atom stereocenters. The van der Waals surface area contributed by atoms with E-state index in [9.17, 15) is 9.18 Å². The first-order valence-corrected chi connectivity index (χ1v) is 11.6. The molecule has 156 valence electrons. The van der Waals surface area contributed by atoms with Crippen LogP contribution in [0.4, 0.5) is 10.1 Å². The minimum atomic E-state index is -0.332. The van der Waals surface area contributed by atoms with Crippen LogP contribution in [0.15, 0.2) is 42.5 Å². The smallest absolute Gasteiger partial charge is 0.230 e. The third kappa shape index (κ3) is 6.38. The molecule has 2 aromatic rings. The van der Waals surface area contributed by atoms with Gasteiger partial charge < -0.3 is 10.2 Å². The maximum atomic E-state index is 13.8. The minimum absolute atomic E-state index is 0.0502. The number of hydrogen-bond acceptors (Lipinski definition) is 3. The standard InChI is InChI=1S/C23H28ClFN2OS/c1-16-4-3-11-27(13-16)21-9-6-18(7-10-21)17(2)26-23(28)15-29-14-19-5-8-20(24)12-22(19)25/h5-10,12,16-17H,3-4,11,13-15H2,1-2H3,(H,26,28)/t16-,17+/m1/s1. The molecule has 3 rings (SSSR count). The van der Waals surface area contributed by atoms with E-state index in [2.05, 4.69) is 41.4 Å². The number of benzene rings is 2. The quantitative estimate of drug-likeness (QED) is 0.595. The molecule has 0 aliphatic carbocycles. The number of nitrogens with one attached hydrogen (secondary N) is 1. The Morgan fingerprint density at radius 2 is 2.07 bits per heavy atom. The van der Waals surface area contributed by atoms with Gasteiger partial charge in [0.05, 0.1) is 11.8 Å². The second kappa shape index (κ2) is 10.4. The number of carbonyl (C=O) groups is 1. The van der Waals surface area contributed by atoms with Crippen molar-refractivity contribution in [2.24, 2.45) is 5.92 Å². The van der Waals surface area contributed by atoms with E-state index in [0.29, 0.717) is 16.3 Å². The summed E-state index contributed by atoms with van der Waals surface area (Å²) >= 11 is 7.15. The molecular formula is C23H28ClFN2OS. The summed E-state index contributed by atoms with van der Waals surface area (Å²) < 4.78 is 13.8. The zero-order valence-electron chi connectivity index (χ0n) is 17.0. The topological polar surface area (TPSA) is 32.3 Å². The molecule has 1 aliphatic rings. The highest BCUT2D eigenvalue weighted by Gasteiger charge is 2.17. The summed E-state index contributed by atoms with van der Waals surface area (Å²) in [6, 6.07) is 13.0. The van der Waals surface area contributed by atoms with E-state index in [-0.39, 0.29) is 23.5 Å². The fourth-order valence-corrected chi connectivity index (χ4v) is 4.64. The van der Waals surface area contributed by atoms with Crippen LogP contribution >= 0.6 is 23.4 Å². The normalized spacial score (nSPS) is 17.8. The van der Waals surface area contributed by atoms with Gasteiger partial charge in [-0.2, -0.15) is 0 Å². The van der Waals surface area contributed by atoms with Crippen molar-refractivity contribution in [1.29, 1.82) is 0 Å². The van der Waals surface area contributed by atoms with Gasteiger partial charge in [0.15, 0.2) is 0 Å². The van der Waals surface area contributed by atoms with Gasteiger partial charge >= 0.3 is 0 Å². The molecule has 6 heteroatoms. The second-order valence-electron chi connectivity index (χ2n) is 7.80.